The number of amides is 4. The van der Waals surface area contributed by atoms with Crippen molar-refractivity contribution in [2.24, 2.45) is 0 Å². The van der Waals surface area contributed by atoms with Gasteiger partial charge in [-0.3, -0.25) is 18.9 Å². The predicted molar refractivity (Wildman–Crippen MR) is 126 cm³/mol. The summed E-state index contributed by atoms with van der Waals surface area (Å²) in [6.45, 7) is 0.273. The van der Waals surface area contributed by atoms with Crippen LogP contribution in [0.3, 0.4) is 0 Å². The van der Waals surface area contributed by atoms with E-state index < -0.39 is 12.1 Å². The average Bonchev–Trinajstić information content (AvgIpc) is 3.36. The third-order valence-electron chi connectivity index (χ3n) is 5.56. The number of nitrogens with one attached hydrogen (secondary N) is 2. The second kappa shape index (κ2) is 10.5. The van der Waals surface area contributed by atoms with E-state index in [1.54, 1.807) is 11.8 Å². The van der Waals surface area contributed by atoms with Crippen LogP contribution in [0.5, 0.6) is 0 Å². The van der Waals surface area contributed by atoms with E-state index >= 15 is 0 Å². The first-order valence-corrected chi connectivity index (χ1v) is 12.2. The lowest BCUT2D eigenvalue weighted by Crippen LogP contribution is -2.38. The molecule has 2 atom stereocenters. The van der Waals surface area contributed by atoms with Crippen molar-refractivity contribution >= 4 is 35.3 Å². The molecular weight excluding hydrogens is 440 g/mol. The number of carbonyl (C=O) groups is 3. The van der Waals surface area contributed by atoms with Crippen LogP contribution >= 0.6 is 11.8 Å². The fourth-order valence-electron chi connectivity index (χ4n) is 3.85. The molecule has 1 saturated heterocycles. The highest BCUT2D eigenvalue weighted by molar-refractivity contribution is 7.98. The number of aromatic nitrogens is 3. The van der Waals surface area contributed by atoms with Crippen LogP contribution in [0.25, 0.3) is 5.65 Å². The zero-order valence-corrected chi connectivity index (χ0v) is 19.1. The van der Waals surface area contributed by atoms with Gasteiger partial charge in [0.15, 0.2) is 11.5 Å². The van der Waals surface area contributed by atoms with Gasteiger partial charge in [0.25, 0.3) is 5.91 Å². The minimum atomic E-state index is -0.871. The molecule has 10 heteroatoms. The maximum atomic E-state index is 12.8. The summed E-state index contributed by atoms with van der Waals surface area (Å²) in [5, 5.41) is 14.1. The molecule has 172 valence electrons. The first kappa shape index (κ1) is 22.8. The van der Waals surface area contributed by atoms with Crippen LogP contribution in [0.2, 0.25) is 0 Å². The second-order valence-electron chi connectivity index (χ2n) is 7.82. The molecule has 3 heterocycles. The van der Waals surface area contributed by atoms with E-state index in [9.17, 15) is 14.4 Å². The summed E-state index contributed by atoms with van der Waals surface area (Å²) in [6.07, 6.45) is 4.96. The summed E-state index contributed by atoms with van der Waals surface area (Å²) in [5.41, 5.74) is 1.74. The highest BCUT2D eigenvalue weighted by Crippen LogP contribution is 2.19. The van der Waals surface area contributed by atoms with Crippen molar-refractivity contribution in [2.45, 2.75) is 31.3 Å². The van der Waals surface area contributed by atoms with E-state index in [1.165, 1.54) is 4.90 Å². The van der Waals surface area contributed by atoms with Gasteiger partial charge in [-0.1, -0.05) is 36.4 Å². The molecule has 2 N–H and O–H groups in total. The SMILES string of the molecule is CSCCC(NC(=O)CC1NC(=O)N(CCc2ccccc2)C1=O)c1nnc2ccccn12. The molecule has 0 radical (unpaired) electrons. The van der Waals surface area contributed by atoms with Crippen LogP contribution in [0.4, 0.5) is 4.79 Å². The molecule has 4 amide bonds. The molecule has 2 unspecified atom stereocenters. The van der Waals surface area contributed by atoms with Crippen LogP contribution in [0.15, 0.2) is 54.7 Å². The van der Waals surface area contributed by atoms with Gasteiger partial charge in [0.1, 0.15) is 6.04 Å². The third kappa shape index (κ3) is 5.33. The van der Waals surface area contributed by atoms with Crippen LogP contribution in [-0.4, -0.2) is 61.9 Å². The van der Waals surface area contributed by atoms with Gasteiger partial charge in [-0.15, -0.1) is 10.2 Å². The topological polar surface area (TPSA) is 109 Å². The Morgan fingerprint density at radius 1 is 1.15 bits per heavy atom. The van der Waals surface area contributed by atoms with Crippen LogP contribution < -0.4 is 10.6 Å². The summed E-state index contributed by atoms with van der Waals surface area (Å²) < 4.78 is 1.85. The van der Waals surface area contributed by atoms with Gasteiger partial charge in [-0.2, -0.15) is 11.8 Å². The van der Waals surface area contributed by atoms with Gasteiger partial charge < -0.3 is 10.6 Å². The smallest absolute Gasteiger partial charge is 0.324 e. The molecule has 1 aliphatic rings. The quantitative estimate of drug-likeness (QED) is 0.444. The molecule has 9 nitrogen and oxygen atoms in total. The van der Waals surface area contributed by atoms with Crippen molar-refractivity contribution in [1.82, 2.24) is 30.1 Å². The van der Waals surface area contributed by atoms with Crippen molar-refractivity contribution in [3.05, 3.63) is 66.1 Å². The first-order chi connectivity index (χ1) is 16.1. The molecule has 33 heavy (non-hydrogen) atoms. The molecule has 3 aromatic rings. The van der Waals surface area contributed by atoms with Crippen LogP contribution in [0, 0.1) is 0 Å². The Balaban J connectivity index is 1.39. The number of thioether (sulfide) groups is 1. The fraction of sp³-hybridized carbons (Fsp3) is 0.348. The number of pyridine rings is 1. The molecular formula is C23H26N6O3S. The van der Waals surface area contributed by atoms with E-state index in [0.29, 0.717) is 24.3 Å². The molecule has 0 saturated carbocycles. The Morgan fingerprint density at radius 2 is 1.94 bits per heavy atom. The number of fused-ring (bicyclic) bond motifs is 1. The van der Waals surface area contributed by atoms with Crippen molar-refractivity contribution in [2.75, 3.05) is 18.6 Å². The van der Waals surface area contributed by atoms with Gasteiger partial charge in [0.05, 0.1) is 12.5 Å². The van der Waals surface area contributed by atoms with Crippen molar-refractivity contribution in [3.8, 4) is 0 Å². The average molecular weight is 467 g/mol. The Morgan fingerprint density at radius 3 is 2.73 bits per heavy atom. The summed E-state index contributed by atoms with van der Waals surface area (Å²) in [7, 11) is 0. The highest BCUT2D eigenvalue weighted by Gasteiger charge is 2.39. The van der Waals surface area contributed by atoms with Gasteiger partial charge in [-0.05, 0) is 42.5 Å². The number of hydrogen-bond donors (Lipinski definition) is 2. The number of rotatable bonds is 10. The molecule has 0 aliphatic carbocycles. The maximum Gasteiger partial charge on any atom is 0.324 e. The summed E-state index contributed by atoms with van der Waals surface area (Å²) in [6, 6.07) is 13.6. The van der Waals surface area contributed by atoms with E-state index in [4.69, 9.17) is 0 Å². The lowest BCUT2D eigenvalue weighted by Gasteiger charge is -2.18. The van der Waals surface area contributed by atoms with Crippen LogP contribution in [-0.2, 0) is 16.0 Å². The van der Waals surface area contributed by atoms with Crippen molar-refractivity contribution in [3.63, 3.8) is 0 Å². The van der Waals surface area contributed by atoms with Gasteiger partial charge in [0, 0.05) is 12.7 Å². The van der Waals surface area contributed by atoms with E-state index in [2.05, 4.69) is 20.8 Å². The van der Waals surface area contributed by atoms with E-state index in [0.717, 1.165) is 11.3 Å². The zero-order chi connectivity index (χ0) is 23.2. The Kier molecular flexibility index (Phi) is 7.23. The zero-order valence-electron chi connectivity index (χ0n) is 18.3. The number of hydrogen-bond acceptors (Lipinski definition) is 6. The molecule has 1 fully saturated rings. The number of urea groups is 1. The molecule has 0 spiro atoms. The number of benzene rings is 1. The standard InChI is InChI=1S/C23H26N6O3S/c1-33-14-11-17(21-27-26-19-9-5-6-12-28(19)21)24-20(30)15-18-22(31)29(23(32)25-18)13-10-16-7-3-2-4-8-16/h2-9,12,17-18H,10-11,13-15H2,1H3,(H,24,30)(H,25,32). The number of carbonyl (C=O) groups excluding carboxylic acids is 3. The minimum absolute atomic E-state index is 0.126. The Hall–Kier alpha value is -3.40. The van der Waals surface area contributed by atoms with Crippen LogP contribution in [0.1, 0.15) is 30.3 Å². The largest absolute Gasteiger partial charge is 0.346 e. The monoisotopic (exact) mass is 466 g/mol. The number of nitrogens with zero attached hydrogens (tertiary/aromatic N) is 4. The highest BCUT2D eigenvalue weighted by atomic mass is 32.2. The minimum Gasteiger partial charge on any atom is -0.346 e. The maximum absolute atomic E-state index is 12.8. The lowest BCUT2D eigenvalue weighted by atomic mass is 10.1. The Labute approximate surface area is 195 Å². The molecule has 1 aromatic carbocycles. The van der Waals surface area contributed by atoms with Gasteiger partial charge in [-0.25, -0.2) is 4.79 Å². The summed E-state index contributed by atoms with van der Waals surface area (Å²) >= 11 is 1.67. The molecule has 1 aliphatic heterocycles. The first-order valence-electron chi connectivity index (χ1n) is 10.8. The van der Waals surface area contributed by atoms with Crippen molar-refractivity contribution < 1.29 is 14.4 Å². The van der Waals surface area contributed by atoms with Gasteiger partial charge >= 0.3 is 6.03 Å². The molecule has 2 aromatic heterocycles. The fourth-order valence-corrected chi connectivity index (χ4v) is 4.32. The summed E-state index contributed by atoms with van der Waals surface area (Å²) in [5.74, 6) is 0.760. The third-order valence-corrected chi connectivity index (χ3v) is 6.21. The second-order valence-corrected chi connectivity index (χ2v) is 8.81. The Bertz CT molecular complexity index is 1140. The predicted octanol–water partition coefficient (Wildman–Crippen LogP) is 2.19. The lowest BCUT2D eigenvalue weighted by molar-refractivity contribution is -0.131. The van der Waals surface area contributed by atoms with Gasteiger partial charge in [0.2, 0.25) is 5.91 Å². The number of imide groups is 1. The van der Waals surface area contributed by atoms with E-state index in [-0.39, 0.29) is 30.8 Å². The van der Waals surface area contributed by atoms with E-state index in [1.807, 2.05) is 65.4 Å². The normalized spacial score (nSPS) is 16.8. The van der Waals surface area contributed by atoms with Crippen molar-refractivity contribution in [1.29, 1.82) is 0 Å². The molecule has 4 rings (SSSR count). The molecule has 0 bridgehead atoms. The summed E-state index contributed by atoms with van der Waals surface area (Å²) in [4.78, 5) is 39.1.